The maximum Gasteiger partial charge on any atom is 0.211 e. The summed E-state index contributed by atoms with van der Waals surface area (Å²) >= 11 is 0. The van der Waals surface area contributed by atoms with Crippen LogP contribution in [0.4, 0.5) is 0 Å². The molecule has 1 saturated heterocycles. The van der Waals surface area contributed by atoms with Gasteiger partial charge in [0.25, 0.3) is 0 Å². The molecule has 1 aliphatic rings. The van der Waals surface area contributed by atoms with Crippen molar-refractivity contribution in [3.8, 4) is 0 Å². The zero-order valence-electron chi connectivity index (χ0n) is 12.2. The van der Waals surface area contributed by atoms with Crippen LogP contribution in [0.1, 0.15) is 18.4 Å². The van der Waals surface area contributed by atoms with Crippen molar-refractivity contribution in [2.45, 2.75) is 18.9 Å². The van der Waals surface area contributed by atoms with Crippen molar-refractivity contribution in [3.05, 3.63) is 35.9 Å². The van der Waals surface area contributed by atoms with Crippen LogP contribution in [0, 0.1) is 0 Å². The molecular weight excluding hydrogens is 310 g/mol. The first kappa shape index (κ1) is 18.4. The molecular formula is C14H24ClN3O2S. The van der Waals surface area contributed by atoms with Gasteiger partial charge in [0, 0.05) is 38.1 Å². The molecule has 0 saturated carbocycles. The first-order chi connectivity index (χ1) is 9.52. The minimum atomic E-state index is -3.10. The van der Waals surface area contributed by atoms with Crippen molar-refractivity contribution in [2.24, 2.45) is 5.73 Å². The molecule has 120 valence electrons. The number of nitrogens with one attached hydrogen (secondary N) is 1. The Hall–Kier alpha value is -0.660. The summed E-state index contributed by atoms with van der Waals surface area (Å²) in [7, 11) is -3.10. The quantitative estimate of drug-likeness (QED) is 0.806. The molecule has 3 N–H and O–H groups in total. The van der Waals surface area contributed by atoms with Crippen molar-refractivity contribution in [1.29, 1.82) is 0 Å². The third-order valence-corrected chi connectivity index (χ3v) is 5.20. The predicted octanol–water partition coefficient (Wildman–Crippen LogP) is 0.774. The molecule has 5 nitrogen and oxygen atoms in total. The summed E-state index contributed by atoms with van der Waals surface area (Å²) < 4.78 is 25.3. The van der Waals surface area contributed by atoms with Gasteiger partial charge in [-0.1, -0.05) is 30.3 Å². The summed E-state index contributed by atoms with van der Waals surface area (Å²) in [6.45, 7) is 4.49. The smallest absolute Gasteiger partial charge is 0.211 e. The highest BCUT2D eigenvalue weighted by molar-refractivity contribution is 7.89. The third-order valence-electron chi connectivity index (χ3n) is 3.80. The number of likely N-dealkylation sites (tertiary alicyclic amines) is 1. The second kappa shape index (κ2) is 8.10. The van der Waals surface area contributed by atoms with Crippen LogP contribution < -0.4 is 10.5 Å². The van der Waals surface area contributed by atoms with Crippen LogP contribution in [0.3, 0.4) is 0 Å². The number of sulfonamides is 1. The maximum atomic E-state index is 11.4. The van der Waals surface area contributed by atoms with Gasteiger partial charge in [-0.05, 0) is 12.5 Å². The van der Waals surface area contributed by atoms with Crippen molar-refractivity contribution in [3.63, 3.8) is 0 Å². The summed E-state index contributed by atoms with van der Waals surface area (Å²) in [6, 6.07) is 10.4. The molecule has 1 fully saturated rings. The van der Waals surface area contributed by atoms with Crippen LogP contribution in [-0.4, -0.2) is 51.3 Å². The molecule has 1 heterocycles. The van der Waals surface area contributed by atoms with E-state index in [1.54, 1.807) is 6.92 Å². The van der Waals surface area contributed by atoms with Gasteiger partial charge >= 0.3 is 0 Å². The lowest BCUT2D eigenvalue weighted by Gasteiger charge is -2.16. The molecule has 7 heteroatoms. The molecule has 0 radical (unpaired) electrons. The fourth-order valence-corrected chi connectivity index (χ4v) is 3.22. The molecule has 0 spiro atoms. The lowest BCUT2D eigenvalue weighted by atomic mass is 9.95. The summed E-state index contributed by atoms with van der Waals surface area (Å²) in [5.74, 6) is 0.457. The molecule has 0 unspecified atom stereocenters. The highest BCUT2D eigenvalue weighted by Gasteiger charge is 2.30. The Bertz CT molecular complexity index is 524. The van der Waals surface area contributed by atoms with E-state index in [9.17, 15) is 8.42 Å². The Morgan fingerprint density at radius 3 is 2.57 bits per heavy atom. The van der Waals surface area contributed by atoms with E-state index < -0.39 is 10.0 Å². The van der Waals surface area contributed by atoms with Gasteiger partial charge in [-0.25, -0.2) is 13.1 Å². The predicted molar refractivity (Wildman–Crippen MR) is 88.3 cm³/mol. The number of nitrogens with two attached hydrogens (primary N) is 1. The van der Waals surface area contributed by atoms with Gasteiger partial charge in [-0.3, -0.25) is 4.90 Å². The molecule has 1 aliphatic heterocycles. The van der Waals surface area contributed by atoms with Crippen LogP contribution in [0.15, 0.2) is 30.3 Å². The Morgan fingerprint density at radius 2 is 1.95 bits per heavy atom. The molecule has 0 amide bonds. The van der Waals surface area contributed by atoms with E-state index in [2.05, 4.69) is 21.8 Å². The van der Waals surface area contributed by atoms with Crippen molar-refractivity contribution in [1.82, 2.24) is 9.62 Å². The first-order valence-electron chi connectivity index (χ1n) is 7.02. The van der Waals surface area contributed by atoms with E-state index in [-0.39, 0.29) is 24.2 Å². The molecule has 1 aromatic rings. The van der Waals surface area contributed by atoms with E-state index in [0.717, 1.165) is 13.1 Å². The minimum absolute atomic E-state index is 0. The van der Waals surface area contributed by atoms with Gasteiger partial charge in [-0.2, -0.15) is 0 Å². The fourth-order valence-electron chi connectivity index (χ4n) is 2.61. The van der Waals surface area contributed by atoms with E-state index >= 15 is 0 Å². The summed E-state index contributed by atoms with van der Waals surface area (Å²) in [6.07, 6.45) is 0. The molecule has 0 aliphatic carbocycles. The molecule has 21 heavy (non-hydrogen) atoms. The Labute approximate surface area is 133 Å². The van der Waals surface area contributed by atoms with E-state index in [1.165, 1.54) is 5.56 Å². The van der Waals surface area contributed by atoms with Crippen molar-refractivity contribution in [2.75, 3.05) is 31.9 Å². The molecule has 0 aromatic heterocycles. The van der Waals surface area contributed by atoms with Gasteiger partial charge in [0.1, 0.15) is 0 Å². The van der Waals surface area contributed by atoms with Crippen LogP contribution >= 0.6 is 12.4 Å². The van der Waals surface area contributed by atoms with Gasteiger partial charge in [0.05, 0.1) is 5.75 Å². The lowest BCUT2D eigenvalue weighted by Crippen LogP contribution is -2.35. The van der Waals surface area contributed by atoms with Gasteiger partial charge < -0.3 is 5.73 Å². The number of halogens is 1. The Kier molecular flexibility index (Phi) is 7.09. The van der Waals surface area contributed by atoms with Gasteiger partial charge in [0.2, 0.25) is 10.0 Å². The average molecular weight is 334 g/mol. The van der Waals surface area contributed by atoms with Crippen LogP contribution in [0.2, 0.25) is 0 Å². The molecule has 2 atom stereocenters. The molecule has 0 bridgehead atoms. The number of nitrogens with zero attached hydrogens (tertiary/aromatic N) is 1. The molecule has 2 rings (SSSR count). The first-order valence-corrected chi connectivity index (χ1v) is 8.67. The Morgan fingerprint density at radius 1 is 1.29 bits per heavy atom. The highest BCUT2D eigenvalue weighted by atomic mass is 35.5. The Balaban J connectivity index is 0.00000220. The van der Waals surface area contributed by atoms with Crippen LogP contribution in [0.5, 0.6) is 0 Å². The zero-order valence-corrected chi connectivity index (χ0v) is 13.9. The number of rotatable bonds is 6. The van der Waals surface area contributed by atoms with E-state index in [0.29, 0.717) is 19.0 Å². The van der Waals surface area contributed by atoms with Crippen molar-refractivity contribution < 1.29 is 8.42 Å². The normalized spacial score (nSPS) is 23.0. The minimum Gasteiger partial charge on any atom is -0.326 e. The SMILES string of the molecule is CCS(=O)(=O)NCCN1C[C@@H](N)[C@H](c2ccccc2)C1.Cl. The van der Waals surface area contributed by atoms with Crippen molar-refractivity contribution >= 4 is 22.4 Å². The zero-order chi connectivity index (χ0) is 14.6. The fraction of sp³-hybridized carbons (Fsp3) is 0.571. The average Bonchev–Trinajstić information content (AvgIpc) is 2.81. The van der Waals surface area contributed by atoms with E-state index in [1.807, 2.05) is 18.2 Å². The second-order valence-electron chi connectivity index (χ2n) is 5.24. The number of hydrogen-bond acceptors (Lipinski definition) is 4. The molecule has 1 aromatic carbocycles. The second-order valence-corrected chi connectivity index (χ2v) is 7.33. The lowest BCUT2D eigenvalue weighted by molar-refractivity contribution is 0.336. The summed E-state index contributed by atoms with van der Waals surface area (Å²) in [5.41, 5.74) is 7.47. The van der Waals surface area contributed by atoms with Gasteiger partial charge in [0.15, 0.2) is 0 Å². The largest absolute Gasteiger partial charge is 0.326 e. The summed E-state index contributed by atoms with van der Waals surface area (Å²) in [4.78, 5) is 2.22. The third kappa shape index (κ3) is 5.23. The number of hydrogen-bond donors (Lipinski definition) is 2. The van der Waals surface area contributed by atoms with E-state index in [4.69, 9.17) is 5.73 Å². The monoisotopic (exact) mass is 333 g/mol. The maximum absolute atomic E-state index is 11.4. The summed E-state index contributed by atoms with van der Waals surface area (Å²) in [5, 5.41) is 0. The topological polar surface area (TPSA) is 75.4 Å². The standard InChI is InChI=1S/C14H23N3O2S.ClH/c1-2-20(18,19)16-8-9-17-10-13(14(15)11-17)12-6-4-3-5-7-12;/h3-7,13-14,16H,2,8-11,15H2,1H3;1H/t13-,14+;/m0./s1. The number of benzene rings is 1. The van der Waals surface area contributed by atoms with Crippen LogP contribution in [0.25, 0.3) is 0 Å². The van der Waals surface area contributed by atoms with Crippen LogP contribution in [-0.2, 0) is 10.0 Å². The highest BCUT2D eigenvalue weighted by Crippen LogP contribution is 2.25. The van der Waals surface area contributed by atoms with Gasteiger partial charge in [-0.15, -0.1) is 12.4 Å².